The van der Waals surface area contributed by atoms with Crippen molar-refractivity contribution in [3.05, 3.63) is 96.2 Å². The third-order valence-corrected chi connectivity index (χ3v) is 4.62. The molecule has 0 bridgehead atoms. The molecule has 0 fully saturated rings. The van der Waals surface area contributed by atoms with Crippen LogP contribution in [0, 0.1) is 0 Å². The van der Waals surface area contributed by atoms with Crippen LogP contribution in [0.15, 0.2) is 89.5 Å². The van der Waals surface area contributed by atoms with Crippen LogP contribution in [0.4, 0.5) is 0 Å². The van der Waals surface area contributed by atoms with Crippen molar-refractivity contribution in [1.29, 1.82) is 0 Å². The lowest BCUT2D eigenvalue weighted by atomic mass is 10.0. The van der Waals surface area contributed by atoms with E-state index in [1.165, 1.54) is 0 Å². The number of carbonyl (C=O) groups excluding carboxylic acids is 1. The number of methoxy groups -OCH3 is 1. The Bertz CT molecular complexity index is 1090. The average molecular weight is 384 g/mol. The van der Waals surface area contributed by atoms with Crippen LogP contribution in [0.25, 0.3) is 22.5 Å². The Morgan fingerprint density at radius 3 is 2.24 bits per heavy atom. The number of amides is 1. The van der Waals surface area contributed by atoms with Crippen LogP contribution in [0.5, 0.6) is 5.75 Å². The topological polar surface area (TPSA) is 64.4 Å². The van der Waals surface area contributed by atoms with E-state index in [1.54, 1.807) is 7.11 Å². The highest BCUT2D eigenvalue weighted by atomic mass is 16.5. The smallest absolute Gasteiger partial charge is 0.251 e. The van der Waals surface area contributed by atoms with E-state index in [4.69, 9.17) is 9.26 Å². The Morgan fingerprint density at radius 2 is 1.55 bits per heavy atom. The zero-order chi connectivity index (χ0) is 20.1. The molecule has 1 amide bonds. The molecule has 0 spiro atoms. The number of carbonyl (C=O) groups is 1. The average Bonchev–Trinajstić information content (AvgIpc) is 3.27. The highest BCUT2D eigenvalue weighted by Crippen LogP contribution is 2.23. The number of rotatable bonds is 6. The van der Waals surface area contributed by atoms with Gasteiger partial charge in [0.05, 0.1) is 13.7 Å². The highest BCUT2D eigenvalue weighted by molar-refractivity contribution is 5.94. The number of ether oxygens (including phenoxy) is 1. The van der Waals surface area contributed by atoms with Crippen molar-refractivity contribution in [2.45, 2.75) is 6.54 Å². The molecule has 0 aliphatic carbocycles. The zero-order valence-corrected chi connectivity index (χ0v) is 16.0. The normalized spacial score (nSPS) is 10.5. The van der Waals surface area contributed by atoms with E-state index in [-0.39, 0.29) is 5.91 Å². The highest BCUT2D eigenvalue weighted by Gasteiger charge is 2.10. The quantitative estimate of drug-likeness (QED) is 0.511. The van der Waals surface area contributed by atoms with Crippen LogP contribution in [0.3, 0.4) is 0 Å². The SMILES string of the molecule is COc1ccc(-c2cc(CNC(=O)c3ccc(-c4ccccc4)cc3)no2)cc1. The van der Waals surface area contributed by atoms with Crippen molar-refractivity contribution >= 4 is 5.91 Å². The maximum absolute atomic E-state index is 12.4. The van der Waals surface area contributed by atoms with E-state index in [1.807, 2.05) is 84.9 Å². The van der Waals surface area contributed by atoms with Crippen molar-refractivity contribution < 1.29 is 14.1 Å². The predicted molar refractivity (Wildman–Crippen MR) is 112 cm³/mol. The fraction of sp³-hybridized carbons (Fsp3) is 0.0833. The molecule has 0 radical (unpaired) electrons. The largest absolute Gasteiger partial charge is 0.497 e. The summed E-state index contributed by atoms with van der Waals surface area (Å²) in [4.78, 5) is 12.4. The molecule has 0 saturated heterocycles. The first-order chi connectivity index (χ1) is 14.2. The Kier molecular flexibility index (Phi) is 5.38. The monoisotopic (exact) mass is 384 g/mol. The van der Waals surface area contributed by atoms with Gasteiger partial charge in [-0.1, -0.05) is 47.6 Å². The summed E-state index contributed by atoms with van der Waals surface area (Å²) in [6, 6.07) is 26.9. The Balaban J connectivity index is 1.38. The molecule has 5 nitrogen and oxygen atoms in total. The summed E-state index contributed by atoms with van der Waals surface area (Å²) in [5, 5.41) is 6.91. The fourth-order valence-electron chi connectivity index (χ4n) is 3.00. The number of nitrogens with one attached hydrogen (secondary N) is 1. The molecule has 4 aromatic rings. The zero-order valence-electron chi connectivity index (χ0n) is 16.0. The first-order valence-electron chi connectivity index (χ1n) is 9.26. The van der Waals surface area contributed by atoms with Gasteiger partial charge in [0.1, 0.15) is 11.4 Å². The molecular weight excluding hydrogens is 364 g/mol. The van der Waals surface area contributed by atoms with Crippen molar-refractivity contribution in [3.63, 3.8) is 0 Å². The van der Waals surface area contributed by atoms with E-state index < -0.39 is 0 Å². The molecule has 3 aromatic carbocycles. The molecular formula is C24H20N2O3. The summed E-state index contributed by atoms with van der Waals surface area (Å²) in [5.41, 5.74) is 4.34. The summed E-state index contributed by atoms with van der Waals surface area (Å²) < 4.78 is 10.5. The molecule has 0 atom stereocenters. The lowest BCUT2D eigenvalue weighted by molar-refractivity contribution is 0.0950. The summed E-state index contributed by atoms with van der Waals surface area (Å²) in [5.74, 6) is 1.27. The van der Waals surface area contributed by atoms with Crippen molar-refractivity contribution in [2.75, 3.05) is 7.11 Å². The van der Waals surface area contributed by atoms with Gasteiger partial charge < -0.3 is 14.6 Å². The van der Waals surface area contributed by atoms with Gasteiger partial charge in [0.2, 0.25) is 0 Å². The maximum atomic E-state index is 12.4. The van der Waals surface area contributed by atoms with Gasteiger partial charge in [-0.2, -0.15) is 0 Å². The van der Waals surface area contributed by atoms with Gasteiger partial charge in [0.25, 0.3) is 5.91 Å². The van der Waals surface area contributed by atoms with E-state index in [9.17, 15) is 4.79 Å². The minimum absolute atomic E-state index is 0.154. The second-order valence-electron chi connectivity index (χ2n) is 6.54. The van der Waals surface area contributed by atoms with Crippen LogP contribution >= 0.6 is 0 Å². The van der Waals surface area contributed by atoms with E-state index in [0.29, 0.717) is 23.6 Å². The predicted octanol–water partition coefficient (Wildman–Crippen LogP) is 4.95. The second kappa shape index (κ2) is 8.44. The van der Waals surface area contributed by atoms with Crippen LogP contribution in [0.1, 0.15) is 16.1 Å². The number of hydrogen-bond donors (Lipinski definition) is 1. The summed E-state index contributed by atoms with van der Waals surface area (Å²) in [7, 11) is 1.62. The van der Waals surface area contributed by atoms with Crippen LogP contribution in [-0.4, -0.2) is 18.2 Å². The third kappa shape index (κ3) is 4.35. The van der Waals surface area contributed by atoms with Crippen molar-refractivity contribution in [2.24, 2.45) is 0 Å². The van der Waals surface area contributed by atoms with Crippen molar-refractivity contribution in [1.82, 2.24) is 10.5 Å². The molecule has 5 heteroatoms. The van der Waals surface area contributed by atoms with E-state index >= 15 is 0 Å². The van der Waals surface area contributed by atoms with Gasteiger partial charge in [-0.05, 0) is 47.5 Å². The molecule has 4 rings (SSSR count). The van der Waals surface area contributed by atoms with Gasteiger partial charge in [0, 0.05) is 17.2 Å². The van der Waals surface area contributed by atoms with Crippen LogP contribution < -0.4 is 10.1 Å². The molecule has 0 unspecified atom stereocenters. The minimum atomic E-state index is -0.154. The molecule has 0 aliphatic heterocycles. The summed E-state index contributed by atoms with van der Waals surface area (Å²) >= 11 is 0. The van der Waals surface area contributed by atoms with Gasteiger partial charge in [-0.3, -0.25) is 4.79 Å². The fourth-order valence-corrected chi connectivity index (χ4v) is 3.00. The molecule has 29 heavy (non-hydrogen) atoms. The minimum Gasteiger partial charge on any atom is -0.497 e. The molecule has 1 heterocycles. The van der Waals surface area contributed by atoms with Gasteiger partial charge in [-0.25, -0.2) is 0 Å². The summed E-state index contributed by atoms with van der Waals surface area (Å²) in [6.07, 6.45) is 0. The first-order valence-corrected chi connectivity index (χ1v) is 9.26. The lowest BCUT2D eigenvalue weighted by Crippen LogP contribution is -2.22. The second-order valence-corrected chi connectivity index (χ2v) is 6.54. The molecule has 0 saturated carbocycles. The molecule has 144 valence electrons. The van der Waals surface area contributed by atoms with Gasteiger partial charge in [0.15, 0.2) is 5.76 Å². The van der Waals surface area contributed by atoms with E-state index in [0.717, 1.165) is 22.4 Å². The Hall–Kier alpha value is -3.86. The van der Waals surface area contributed by atoms with Crippen molar-refractivity contribution in [3.8, 4) is 28.2 Å². The van der Waals surface area contributed by atoms with E-state index in [2.05, 4.69) is 10.5 Å². The number of benzene rings is 3. The number of aromatic nitrogens is 1. The third-order valence-electron chi connectivity index (χ3n) is 4.62. The standard InChI is InChI=1S/C24H20N2O3/c1-28-22-13-11-19(12-14-22)23-15-21(26-29-23)16-25-24(27)20-9-7-18(8-10-20)17-5-3-2-4-6-17/h2-15H,16H2,1H3,(H,25,27). The Morgan fingerprint density at radius 1 is 0.897 bits per heavy atom. The van der Waals surface area contributed by atoms with Gasteiger partial charge in [-0.15, -0.1) is 0 Å². The maximum Gasteiger partial charge on any atom is 0.251 e. The Labute approximate surface area is 168 Å². The lowest BCUT2D eigenvalue weighted by Gasteiger charge is -2.05. The number of nitrogens with zero attached hydrogens (tertiary/aromatic N) is 1. The van der Waals surface area contributed by atoms with Crippen LogP contribution in [-0.2, 0) is 6.54 Å². The summed E-state index contributed by atoms with van der Waals surface area (Å²) in [6.45, 7) is 0.291. The molecule has 1 aromatic heterocycles. The molecule has 1 N–H and O–H groups in total. The molecule has 0 aliphatic rings. The van der Waals surface area contributed by atoms with Crippen LogP contribution in [0.2, 0.25) is 0 Å². The number of hydrogen-bond acceptors (Lipinski definition) is 4. The van der Waals surface area contributed by atoms with Gasteiger partial charge >= 0.3 is 0 Å². The first kappa shape index (κ1) is 18.5.